The number of nitrogens with two attached hydrogens (primary N) is 3. The summed E-state index contributed by atoms with van der Waals surface area (Å²) in [7, 11) is -2.33. The fourth-order valence-corrected chi connectivity index (χ4v) is 8.91. The standard InChI is InChI=1S/C28H36N2O6S.C14H21ClO6S.C14H16N2/c1-2-33-17-18-34-19-20-35-21-22-36-25-13-15-26(16-14-25)37(31,32)30-28(24-11-7-4-8-12-24)27(29)23-9-5-3-6-10-23;1-2-18-7-8-19-9-10-20-11-12-21-13-3-5-14(6-4-13)22(15,16)17;15-13(11-7-3-1-4-8-11)14(16)12-9-5-2-6-10-12/h3-16,27-28,30H,2,17-22,29H2,1H3;3-6H,2,7-12H2,1H3;1-10,13-14H,15-16H2/t27-,28-;;13-,14-/m1.1/s1. The normalized spacial score (nSPS) is 13.0. The molecular formula is C56H73ClN4O12S2. The third kappa shape index (κ3) is 24.5. The number of ether oxygens (including phenoxy) is 8. The van der Waals surface area contributed by atoms with Crippen LogP contribution < -0.4 is 31.4 Å². The van der Waals surface area contributed by atoms with Crippen LogP contribution in [0, 0.1) is 0 Å². The van der Waals surface area contributed by atoms with Gasteiger partial charge in [-0.3, -0.25) is 0 Å². The summed E-state index contributed by atoms with van der Waals surface area (Å²) in [6.45, 7) is 11.0. The molecule has 0 aromatic heterocycles. The molecule has 4 atom stereocenters. The third-order valence-electron chi connectivity index (χ3n) is 10.9. The molecule has 6 aromatic carbocycles. The molecular weight excluding hydrogens is 1020 g/mol. The highest BCUT2D eigenvalue weighted by atomic mass is 35.7. The molecule has 0 aliphatic carbocycles. The van der Waals surface area contributed by atoms with Gasteiger partial charge in [0.05, 0.1) is 87.9 Å². The molecule has 6 rings (SSSR count). The van der Waals surface area contributed by atoms with Gasteiger partial charge in [-0.25, -0.2) is 21.6 Å². The molecule has 0 aliphatic rings. The Morgan fingerprint density at radius 3 is 1.01 bits per heavy atom. The molecule has 16 nitrogen and oxygen atoms in total. The van der Waals surface area contributed by atoms with E-state index in [4.69, 9.17) is 65.8 Å². The highest BCUT2D eigenvalue weighted by molar-refractivity contribution is 8.13. The second kappa shape index (κ2) is 35.9. The van der Waals surface area contributed by atoms with Gasteiger partial charge in [0.2, 0.25) is 10.0 Å². The Hall–Kier alpha value is -5.29. The maximum absolute atomic E-state index is 13.3. The predicted octanol–water partition coefficient (Wildman–Crippen LogP) is 8.30. The van der Waals surface area contributed by atoms with Crippen molar-refractivity contribution in [3.05, 3.63) is 192 Å². The van der Waals surface area contributed by atoms with Gasteiger partial charge in [-0.15, -0.1) is 0 Å². The molecule has 408 valence electrons. The lowest BCUT2D eigenvalue weighted by molar-refractivity contribution is 0.0114. The van der Waals surface area contributed by atoms with Crippen LogP contribution in [0.2, 0.25) is 0 Å². The summed E-state index contributed by atoms with van der Waals surface area (Å²) in [5.41, 5.74) is 22.6. The molecule has 6 aromatic rings. The minimum atomic E-state index is -3.85. The van der Waals surface area contributed by atoms with Gasteiger partial charge >= 0.3 is 0 Å². The summed E-state index contributed by atoms with van der Waals surface area (Å²) < 4.78 is 94.3. The van der Waals surface area contributed by atoms with Crippen molar-refractivity contribution in [1.82, 2.24) is 4.72 Å². The summed E-state index contributed by atoms with van der Waals surface area (Å²) in [6, 6.07) is 49.3. The van der Waals surface area contributed by atoms with Crippen molar-refractivity contribution in [2.24, 2.45) is 17.2 Å². The van der Waals surface area contributed by atoms with Crippen LogP contribution in [0.3, 0.4) is 0 Å². The van der Waals surface area contributed by atoms with Gasteiger partial charge in [0, 0.05) is 36.0 Å². The Balaban J connectivity index is 0.000000270. The Bertz CT molecular complexity index is 2570. The van der Waals surface area contributed by atoms with Crippen LogP contribution in [0.1, 0.15) is 60.3 Å². The predicted molar refractivity (Wildman–Crippen MR) is 293 cm³/mol. The minimum Gasteiger partial charge on any atom is -0.491 e. The molecule has 0 radical (unpaired) electrons. The van der Waals surface area contributed by atoms with E-state index >= 15 is 0 Å². The van der Waals surface area contributed by atoms with Crippen molar-refractivity contribution >= 4 is 29.8 Å². The van der Waals surface area contributed by atoms with Gasteiger partial charge in [-0.05, 0) is 84.6 Å². The lowest BCUT2D eigenvalue weighted by atomic mass is 9.95. The van der Waals surface area contributed by atoms with E-state index in [9.17, 15) is 16.8 Å². The van der Waals surface area contributed by atoms with Crippen LogP contribution in [0.4, 0.5) is 0 Å². The first kappa shape index (κ1) is 62.3. The van der Waals surface area contributed by atoms with Crippen molar-refractivity contribution < 1.29 is 54.7 Å². The highest BCUT2D eigenvalue weighted by Crippen LogP contribution is 2.29. The number of hydrogen-bond acceptors (Lipinski definition) is 15. The number of hydrogen-bond donors (Lipinski definition) is 4. The van der Waals surface area contributed by atoms with Crippen molar-refractivity contribution in [3.63, 3.8) is 0 Å². The Kier molecular flexibility index (Phi) is 29.8. The van der Waals surface area contributed by atoms with Crippen molar-refractivity contribution in [3.8, 4) is 11.5 Å². The van der Waals surface area contributed by atoms with Crippen LogP contribution in [0.15, 0.2) is 180 Å². The Morgan fingerprint density at radius 2 is 0.680 bits per heavy atom. The molecule has 0 unspecified atom stereocenters. The molecule has 0 aliphatic heterocycles. The second-order valence-electron chi connectivity index (χ2n) is 16.2. The van der Waals surface area contributed by atoms with Crippen LogP contribution in [-0.4, -0.2) is 109 Å². The zero-order valence-corrected chi connectivity index (χ0v) is 45.1. The smallest absolute Gasteiger partial charge is 0.261 e. The summed E-state index contributed by atoms with van der Waals surface area (Å²) in [5, 5.41) is 0. The first-order valence-electron chi connectivity index (χ1n) is 24.7. The molecule has 0 fully saturated rings. The maximum atomic E-state index is 13.3. The van der Waals surface area contributed by atoms with E-state index in [1.165, 1.54) is 24.3 Å². The van der Waals surface area contributed by atoms with Crippen molar-refractivity contribution in [2.75, 3.05) is 92.5 Å². The van der Waals surface area contributed by atoms with E-state index in [1.807, 2.05) is 135 Å². The number of benzene rings is 6. The van der Waals surface area contributed by atoms with Crippen molar-refractivity contribution in [2.45, 2.75) is 47.8 Å². The number of nitrogens with one attached hydrogen (secondary N) is 1. The average molecular weight is 1090 g/mol. The molecule has 0 amide bonds. The first-order chi connectivity index (χ1) is 36.3. The molecule has 19 heteroatoms. The van der Waals surface area contributed by atoms with E-state index in [0.29, 0.717) is 104 Å². The van der Waals surface area contributed by atoms with Gasteiger partial charge in [-0.1, -0.05) is 121 Å². The lowest BCUT2D eigenvalue weighted by Gasteiger charge is -2.26. The summed E-state index contributed by atoms with van der Waals surface area (Å²) in [6.07, 6.45) is 0. The summed E-state index contributed by atoms with van der Waals surface area (Å²) >= 11 is 0. The SMILES string of the molecule is CCOCCOCCOCCOc1ccc(S(=O)(=O)Cl)cc1.CCOCCOCCOCCOc1ccc(S(=O)(=O)N[C@H](c2ccccc2)[C@H](N)c2ccccc2)cc1.N[C@H](c1ccccc1)[C@H](N)c1ccccc1. The van der Waals surface area contributed by atoms with Gasteiger partial charge in [-0.2, -0.15) is 0 Å². The maximum Gasteiger partial charge on any atom is 0.261 e. The van der Waals surface area contributed by atoms with Crippen LogP contribution >= 0.6 is 10.7 Å². The van der Waals surface area contributed by atoms with Gasteiger partial charge in [0.1, 0.15) is 24.7 Å². The number of halogens is 1. The Morgan fingerprint density at radius 1 is 0.387 bits per heavy atom. The van der Waals surface area contributed by atoms with Crippen LogP contribution in [0.25, 0.3) is 0 Å². The van der Waals surface area contributed by atoms with E-state index in [-0.39, 0.29) is 21.9 Å². The molecule has 75 heavy (non-hydrogen) atoms. The summed E-state index contributed by atoms with van der Waals surface area (Å²) in [5.74, 6) is 1.11. The Labute approximate surface area is 448 Å². The van der Waals surface area contributed by atoms with E-state index < -0.39 is 31.2 Å². The quantitative estimate of drug-likeness (QED) is 0.0230. The lowest BCUT2D eigenvalue weighted by Crippen LogP contribution is -2.36. The third-order valence-corrected chi connectivity index (χ3v) is 13.7. The monoisotopic (exact) mass is 1090 g/mol. The van der Waals surface area contributed by atoms with Crippen LogP contribution in [-0.2, 0) is 47.5 Å². The summed E-state index contributed by atoms with van der Waals surface area (Å²) in [4.78, 5) is 0.170. The molecule has 0 saturated carbocycles. The fraction of sp³-hybridized carbons (Fsp3) is 0.357. The van der Waals surface area contributed by atoms with Gasteiger partial charge in [0.25, 0.3) is 9.05 Å². The zero-order chi connectivity index (χ0) is 54.0. The number of rotatable bonds is 32. The second-order valence-corrected chi connectivity index (χ2v) is 20.5. The first-order valence-corrected chi connectivity index (χ1v) is 28.5. The molecule has 0 saturated heterocycles. The fourth-order valence-electron chi connectivity index (χ4n) is 6.90. The molecule has 0 spiro atoms. The van der Waals surface area contributed by atoms with Crippen LogP contribution in [0.5, 0.6) is 11.5 Å². The largest absolute Gasteiger partial charge is 0.491 e. The van der Waals surface area contributed by atoms with Gasteiger partial charge < -0.3 is 55.1 Å². The van der Waals surface area contributed by atoms with E-state index in [1.54, 1.807) is 24.3 Å². The molecule has 7 N–H and O–H groups in total. The van der Waals surface area contributed by atoms with Crippen molar-refractivity contribution in [1.29, 1.82) is 0 Å². The van der Waals surface area contributed by atoms with E-state index in [0.717, 1.165) is 22.3 Å². The highest BCUT2D eigenvalue weighted by Gasteiger charge is 2.27. The zero-order valence-electron chi connectivity index (χ0n) is 42.7. The van der Waals surface area contributed by atoms with E-state index in [2.05, 4.69) is 4.72 Å². The topological polar surface area (TPSA) is 232 Å². The average Bonchev–Trinajstić information content (AvgIpc) is 3.44. The molecule has 0 heterocycles. The number of sulfonamides is 1. The molecule has 0 bridgehead atoms. The minimum absolute atomic E-state index is 0.0435. The van der Waals surface area contributed by atoms with Gasteiger partial charge in [0.15, 0.2) is 0 Å².